The Morgan fingerprint density at radius 3 is 1.31 bits per heavy atom. The number of hydrogen-bond acceptors (Lipinski definition) is 6. The van der Waals surface area contributed by atoms with Crippen LogP contribution in [-0.2, 0) is 19.2 Å². The average molecular weight is 655 g/mol. The van der Waals surface area contributed by atoms with E-state index in [1.807, 2.05) is 53.7 Å². The number of carbonyl (C=O) groups is 4. The van der Waals surface area contributed by atoms with Gasteiger partial charge in [-0.1, -0.05) is 87.1 Å². The molecule has 0 spiro atoms. The highest BCUT2D eigenvalue weighted by atomic mass is 16.3. The molecule has 6 nitrogen and oxygen atoms in total. The van der Waals surface area contributed by atoms with E-state index in [2.05, 4.69) is 13.2 Å². The standard InChI is InChI=1S/C42H54O6/c1-9-11-13-15-29-33(39(45)35(41(47)37(29)43)31-21-25(7)17-19-27(31)23(3)4)34-30(16-14-12-10-2)38(44)42(48)36(40(34)46)32-22-26(8)18-20-28(32)24(5)6/h21-22,27-28,31-32,45-46H,3,5,9-20H2,1-2,4,6-8H3/t27-,28-,31+,32+/m0/s1. The van der Waals surface area contributed by atoms with Crippen molar-refractivity contribution in [1.82, 2.24) is 0 Å². The Kier molecular flexibility index (Phi) is 12.0. The number of allylic oxidation sites excluding steroid dienone is 12. The summed E-state index contributed by atoms with van der Waals surface area (Å²) in [4.78, 5) is 56.6. The number of carbonyl (C=O) groups excluding carboxylic acids is 4. The quantitative estimate of drug-likeness (QED) is 0.0886. The summed E-state index contributed by atoms with van der Waals surface area (Å²) in [6.07, 6.45) is 11.8. The highest BCUT2D eigenvalue weighted by molar-refractivity contribution is 6.52. The van der Waals surface area contributed by atoms with Crippen molar-refractivity contribution in [2.45, 2.75) is 119 Å². The monoisotopic (exact) mass is 654 g/mol. The maximum absolute atomic E-state index is 14.2. The minimum absolute atomic E-state index is 0.0198. The van der Waals surface area contributed by atoms with Crippen LogP contribution in [0.4, 0.5) is 0 Å². The molecule has 2 N–H and O–H groups in total. The fourth-order valence-electron chi connectivity index (χ4n) is 8.07. The molecule has 0 radical (unpaired) electrons. The molecule has 0 saturated heterocycles. The lowest BCUT2D eigenvalue weighted by Gasteiger charge is -2.36. The van der Waals surface area contributed by atoms with Gasteiger partial charge in [0.2, 0.25) is 23.1 Å². The highest BCUT2D eigenvalue weighted by Gasteiger charge is 2.47. The Hall–Kier alpha value is -3.80. The molecular weight excluding hydrogens is 600 g/mol. The van der Waals surface area contributed by atoms with Crippen LogP contribution in [0.5, 0.6) is 0 Å². The lowest BCUT2D eigenvalue weighted by molar-refractivity contribution is -0.133. The summed E-state index contributed by atoms with van der Waals surface area (Å²) in [6, 6.07) is 0. The van der Waals surface area contributed by atoms with Crippen molar-refractivity contribution in [3.8, 4) is 0 Å². The normalized spacial score (nSPS) is 25.6. The summed E-state index contributed by atoms with van der Waals surface area (Å²) in [5, 5.41) is 24.7. The molecule has 6 heteroatoms. The number of Topliss-reactive ketones (excluding diaryl/α,β-unsaturated/α-hetero) is 4. The maximum Gasteiger partial charge on any atom is 0.233 e. The first kappa shape index (κ1) is 37.0. The van der Waals surface area contributed by atoms with Crippen LogP contribution >= 0.6 is 0 Å². The second-order valence-electron chi connectivity index (χ2n) is 14.5. The number of aliphatic hydroxyl groups is 2. The summed E-state index contributed by atoms with van der Waals surface area (Å²) in [5.74, 6) is -5.25. The second-order valence-corrected chi connectivity index (χ2v) is 14.5. The molecule has 0 aromatic heterocycles. The molecule has 0 fully saturated rings. The lowest BCUT2D eigenvalue weighted by atomic mass is 9.66. The van der Waals surface area contributed by atoms with Gasteiger partial charge < -0.3 is 10.2 Å². The van der Waals surface area contributed by atoms with Gasteiger partial charge in [0.15, 0.2) is 0 Å². The average Bonchev–Trinajstić information content (AvgIpc) is 3.03. The summed E-state index contributed by atoms with van der Waals surface area (Å²) >= 11 is 0. The Morgan fingerprint density at radius 1 is 0.646 bits per heavy atom. The van der Waals surface area contributed by atoms with Crippen LogP contribution in [-0.4, -0.2) is 33.3 Å². The SMILES string of the molecule is C=C(C)[C@@H]1CCC(C)=C[C@H]1C1=C(O)C(C2=C(CCCCC)C(=O)C(=O)C([C@@H]3C=C(C)CC[C@H]3C(=C)C)=C2O)=C(CCCCC)C(=O)C1=O. The Bertz CT molecular complexity index is 1500. The number of hydrogen-bond donors (Lipinski definition) is 2. The molecule has 4 atom stereocenters. The third-order valence-corrected chi connectivity index (χ3v) is 10.8. The second kappa shape index (κ2) is 15.6. The Balaban J connectivity index is 2.12. The van der Waals surface area contributed by atoms with Gasteiger partial charge in [-0.25, -0.2) is 0 Å². The van der Waals surface area contributed by atoms with Crippen molar-refractivity contribution < 1.29 is 29.4 Å². The molecular formula is C42H54O6. The smallest absolute Gasteiger partial charge is 0.233 e. The molecule has 0 saturated carbocycles. The van der Waals surface area contributed by atoms with E-state index in [1.54, 1.807) is 0 Å². The first-order valence-corrected chi connectivity index (χ1v) is 17.9. The predicted molar refractivity (Wildman–Crippen MR) is 191 cm³/mol. The molecule has 258 valence electrons. The molecule has 0 aromatic rings. The minimum Gasteiger partial charge on any atom is -0.507 e. The zero-order valence-corrected chi connectivity index (χ0v) is 29.9. The summed E-state index contributed by atoms with van der Waals surface area (Å²) in [5.41, 5.74) is 4.01. The van der Waals surface area contributed by atoms with Gasteiger partial charge in [-0.15, -0.1) is 0 Å². The summed E-state index contributed by atoms with van der Waals surface area (Å²) < 4.78 is 0. The first-order valence-electron chi connectivity index (χ1n) is 17.9. The maximum atomic E-state index is 14.2. The third-order valence-electron chi connectivity index (χ3n) is 10.8. The van der Waals surface area contributed by atoms with Gasteiger partial charge in [0, 0.05) is 34.1 Å². The van der Waals surface area contributed by atoms with Crippen LogP contribution in [0.3, 0.4) is 0 Å². The zero-order valence-electron chi connectivity index (χ0n) is 29.9. The zero-order chi connectivity index (χ0) is 35.4. The lowest BCUT2D eigenvalue weighted by Crippen LogP contribution is -2.37. The van der Waals surface area contributed by atoms with E-state index in [1.165, 1.54) is 0 Å². The van der Waals surface area contributed by atoms with Crippen molar-refractivity contribution in [2.24, 2.45) is 23.7 Å². The van der Waals surface area contributed by atoms with Gasteiger partial charge in [-0.3, -0.25) is 19.2 Å². The van der Waals surface area contributed by atoms with E-state index in [4.69, 9.17) is 0 Å². The van der Waals surface area contributed by atoms with E-state index in [-0.39, 0.29) is 69.6 Å². The summed E-state index contributed by atoms with van der Waals surface area (Å²) in [6.45, 7) is 20.1. The van der Waals surface area contributed by atoms with Crippen molar-refractivity contribution in [3.63, 3.8) is 0 Å². The number of rotatable bonds is 13. The van der Waals surface area contributed by atoms with Gasteiger partial charge in [0.05, 0.1) is 11.1 Å². The first-order chi connectivity index (χ1) is 22.8. The van der Waals surface area contributed by atoms with Crippen LogP contribution in [0.25, 0.3) is 0 Å². The highest BCUT2D eigenvalue weighted by Crippen LogP contribution is 2.48. The van der Waals surface area contributed by atoms with E-state index >= 15 is 0 Å². The van der Waals surface area contributed by atoms with Crippen molar-refractivity contribution in [1.29, 1.82) is 0 Å². The van der Waals surface area contributed by atoms with E-state index in [9.17, 15) is 29.4 Å². The van der Waals surface area contributed by atoms with Crippen LogP contribution in [0.1, 0.15) is 119 Å². The van der Waals surface area contributed by atoms with Crippen LogP contribution in [0.15, 0.2) is 92.6 Å². The Morgan fingerprint density at radius 2 is 1.00 bits per heavy atom. The number of aliphatic hydroxyl groups excluding tert-OH is 2. The third kappa shape index (κ3) is 7.13. The van der Waals surface area contributed by atoms with Gasteiger partial charge in [0.25, 0.3) is 0 Å². The molecule has 4 aliphatic carbocycles. The minimum atomic E-state index is -0.756. The van der Waals surface area contributed by atoms with E-state index in [0.29, 0.717) is 25.7 Å². The largest absolute Gasteiger partial charge is 0.507 e. The number of unbranched alkanes of at least 4 members (excludes halogenated alkanes) is 4. The van der Waals surface area contributed by atoms with Gasteiger partial charge in [-0.2, -0.15) is 0 Å². The van der Waals surface area contributed by atoms with Gasteiger partial charge in [0.1, 0.15) is 11.5 Å². The molecule has 0 heterocycles. The number of ketones is 4. The van der Waals surface area contributed by atoms with E-state index in [0.717, 1.165) is 60.8 Å². The fourth-order valence-corrected chi connectivity index (χ4v) is 8.07. The van der Waals surface area contributed by atoms with Crippen LogP contribution in [0.2, 0.25) is 0 Å². The topological polar surface area (TPSA) is 109 Å². The van der Waals surface area contributed by atoms with Crippen LogP contribution in [0, 0.1) is 23.7 Å². The van der Waals surface area contributed by atoms with Crippen LogP contribution < -0.4 is 0 Å². The molecule has 0 aromatic carbocycles. The molecule has 4 rings (SSSR count). The molecule has 0 unspecified atom stereocenters. The fraction of sp³-hybridized carbons (Fsp3) is 0.524. The van der Waals surface area contributed by atoms with E-state index < -0.39 is 35.0 Å². The van der Waals surface area contributed by atoms with Gasteiger partial charge in [-0.05, 0) is 90.9 Å². The van der Waals surface area contributed by atoms with Crippen molar-refractivity contribution in [3.05, 3.63) is 92.6 Å². The van der Waals surface area contributed by atoms with Crippen molar-refractivity contribution in [2.75, 3.05) is 0 Å². The Labute approximate surface area is 286 Å². The molecule has 4 aliphatic rings. The van der Waals surface area contributed by atoms with Gasteiger partial charge >= 0.3 is 0 Å². The molecule has 0 aliphatic heterocycles. The molecule has 48 heavy (non-hydrogen) atoms. The molecule has 0 bridgehead atoms. The predicted octanol–water partition coefficient (Wildman–Crippen LogP) is 9.77. The van der Waals surface area contributed by atoms with Crippen molar-refractivity contribution >= 4 is 23.1 Å². The molecule has 0 amide bonds. The summed E-state index contributed by atoms with van der Waals surface area (Å²) in [7, 11) is 0.